The molecule has 1 aromatic heterocycles. The topological polar surface area (TPSA) is 69.0 Å². The van der Waals surface area contributed by atoms with Gasteiger partial charge in [0.25, 0.3) is 0 Å². The molecule has 0 aliphatic rings. The molecule has 0 radical (unpaired) electrons. The van der Waals surface area contributed by atoms with Gasteiger partial charge in [-0.1, -0.05) is 23.4 Å². The van der Waals surface area contributed by atoms with Gasteiger partial charge in [-0.2, -0.15) is 0 Å². The lowest BCUT2D eigenvalue weighted by Gasteiger charge is -2.06. The second-order valence-corrected chi connectivity index (χ2v) is 5.54. The summed E-state index contributed by atoms with van der Waals surface area (Å²) in [7, 11) is 3.44. The van der Waals surface area contributed by atoms with Crippen molar-refractivity contribution in [2.24, 2.45) is 7.05 Å². The predicted molar refractivity (Wildman–Crippen MR) is 81.6 cm³/mol. The van der Waals surface area contributed by atoms with Crippen LogP contribution < -0.4 is 10.1 Å². The number of rotatable bonds is 6. The van der Waals surface area contributed by atoms with Gasteiger partial charge in [-0.05, 0) is 24.3 Å². The van der Waals surface area contributed by atoms with Crippen LogP contribution in [-0.4, -0.2) is 33.5 Å². The number of hydrogen-bond acceptors (Lipinski definition) is 5. The maximum Gasteiger partial charge on any atom is 0.230 e. The minimum absolute atomic E-state index is 0.0537. The minimum atomic E-state index is -0.0537. The number of hydrogen-bond donors (Lipinski definition) is 1. The van der Waals surface area contributed by atoms with Gasteiger partial charge < -0.3 is 14.6 Å². The van der Waals surface area contributed by atoms with Crippen molar-refractivity contribution in [1.82, 2.24) is 20.1 Å². The van der Waals surface area contributed by atoms with E-state index in [9.17, 15) is 4.79 Å². The first kappa shape index (κ1) is 15.7. The second kappa shape index (κ2) is 7.33. The Morgan fingerprint density at radius 1 is 1.38 bits per heavy atom. The molecule has 2 aromatic rings. The largest absolute Gasteiger partial charge is 0.486 e. The lowest BCUT2D eigenvalue weighted by Crippen LogP contribution is -2.20. The van der Waals surface area contributed by atoms with E-state index in [1.165, 1.54) is 11.8 Å². The fraction of sp³-hybridized carbons (Fsp3) is 0.308. The first-order chi connectivity index (χ1) is 10.1. The van der Waals surface area contributed by atoms with Crippen LogP contribution in [0.4, 0.5) is 0 Å². The smallest absolute Gasteiger partial charge is 0.230 e. The fourth-order valence-corrected chi connectivity index (χ4v) is 2.41. The maximum absolute atomic E-state index is 11.2. The molecule has 0 atom stereocenters. The third-order valence-corrected chi connectivity index (χ3v) is 3.99. The van der Waals surface area contributed by atoms with E-state index in [4.69, 9.17) is 16.3 Å². The summed E-state index contributed by atoms with van der Waals surface area (Å²) >= 11 is 7.14. The van der Waals surface area contributed by atoms with Crippen LogP contribution in [0, 0.1) is 0 Å². The quantitative estimate of drug-likeness (QED) is 0.821. The van der Waals surface area contributed by atoms with Crippen LogP contribution in [-0.2, 0) is 18.4 Å². The SMILES string of the molecule is CNC(=O)CSc1nnc(COc2ccc(Cl)cc2)n1C. The van der Waals surface area contributed by atoms with Crippen LogP contribution in [0.3, 0.4) is 0 Å². The number of halogens is 1. The Morgan fingerprint density at radius 2 is 2.10 bits per heavy atom. The number of aromatic nitrogens is 3. The predicted octanol–water partition coefficient (Wildman–Crippen LogP) is 1.89. The summed E-state index contributed by atoms with van der Waals surface area (Å²) < 4.78 is 7.43. The van der Waals surface area contributed by atoms with Crippen LogP contribution in [0.5, 0.6) is 5.75 Å². The standard InChI is InChI=1S/C13H15ClN4O2S/c1-15-12(19)8-21-13-17-16-11(18(13)2)7-20-10-5-3-9(14)4-6-10/h3-6H,7-8H2,1-2H3,(H,15,19). The molecule has 1 amide bonds. The van der Waals surface area contributed by atoms with Crippen molar-refractivity contribution in [2.45, 2.75) is 11.8 Å². The molecule has 1 N–H and O–H groups in total. The van der Waals surface area contributed by atoms with Crippen LogP contribution in [0.2, 0.25) is 5.02 Å². The molecule has 0 fully saturated rings. The monoisotopic (exact) mass is 326 g/mol. The Kier molecular flexibility index (Phi) is 5.46. The Morgan fingerprint density at radius 3 is 2.76 bits per heavy atom. The molecule has 0 spiro atoms. The van der Waals surface area contributed by atoms with Gasteiger partial charge in [0, 0.05) is 19.1 Å². The number of benzene rings is 1. The molecule has 1 heterocycles. The Bertz CT molecular complexity index is 615. The molecule has 0 bridgehead atoms. The molecule has 112 valence electrons. The Labute approximate surface area is 131 Å². The number of nitrogens with one attached hydrogen (secondary N) is 1. The van der Waals surface area contributed by atoms with Gasteiger partial charge in [-0.15, -0.1) is 10.2 Å². The van der Waals surface area contributed by atoms with E-state index in [-0.39, 0.29) is 5.91 Å². The van der Waals surface area contributed by atoms with Crippen LogP contribution >= 0.6 is 23.4 Å². The average Bonchev–Trinajstić information content (AvgIpc) is 2.85. The first-order valence-corrected chi connectivity index (χ1v) is 7.56. The van der Waals surface area contributed by atoms with E-state index in [0.29, 0.717) is 34.1 Å². The van der Waals surface area contributed by atoms with Gasteiger partial charge in [0.05, 0.1) is 5.75 Å². The fourth-order valence-electron chi connectivity index (χ4n) is 1.48. The van der Waals surface area contributed by atoms with Crippen molar-refractivity contribution in [3.05, 3.63) is 35.1 Å². The molecule has 0 saturated carbocycles. The number of carbonyl (C=O) groups excluding carboxylic acids is 1. The highest BCUT2D eigenvalue weighted by atomic mass is 35.5. The first-order valence-electron chi connectivity index (χ1n) is 6.20. The number of amides is 1. The summed E-state index contributed by atoms with van der Waals surface area (Å²) in [6.45, 7) is 0.297. The summed E-state index contributed by atoms with van der Waals surface area (Å²) in [5.74, 6) is 1.65. The summed E-state index contributed by atoms with van der Waals surface area (Å²) in [6.07, 6.45) is 0. The molecular weight excluding hydrogens is 312 g/mol. The molecule has 1 aromatic carbocycles. The summed E-state index contributed by atoms with van der Waals surface area (Å²) in [5.41, 5.74) is 0. The van der Waals surface area contributed by atoms with E-state index >= 15 is 0 Å². The highest BCUT2D eigenvalue weighted by molar-refractivity contribution is 7.99. The lowest BCUT2D eigenvalue weighted by molar-refractivity contribution is -0.118. The van der Waals surface area contributed by atoms with Gasteiger partial charge >= 0.3 is 0 Å². The van der Waals surface area contributed by atoms with Crippen molar-refractivity contribution in [3.63, 3.8) is 0 Å². The van der Waals surface area contributed by atoms with Gasteiger partial charge in [0.1, 0.15) is 12.4 Å². The van der Waals surface area contributed by atoms with Gasteiger partial charge in [0.15, 0.2) is 11.0 Å². The van der Waals surface area contributed by atoms with E-state index in [2.05, 4.69) is 15.5 Å². The number of thioether (sulfide) groups is 1. The van der Waals surface area contributed by atoms with Gasteiger partial charge in [-0.25, -0.2) is 0 Å². The molecule has 8 heteroatoms. The highest BCUT2D eigenvalue weighted by Crippen LogP contribution is 2.18. The van der Waals surface area contributed by atoms with Gasteiger partial charge in [-0.3, -0.25) is 4.79 Å². The van der Waals surface area contributed by atoms with E-state index < -0.39 is 0 Å². The molecular formula is C13H15ClN4O2S. The summed E-state index contributed by atoms with van der Waals surface area (Å²) in [6, 6.07) is 7.11. The minimum Gasteiger partial charge on any atom is -0.486 e. The van der Waals surface area contributed by atoms with E-state index in [1.807, 2.05) is 11.6 Å². The zero-order valence-corrected chi connectivity index (χ0v) is 13.2. The van der Waals surface area contributed by atoms with Crippen LogP contribution in [0.25, 0.3) is 0 Å². The number of ether oxygens (including phenoxy) is 1. The van der Waals surface area contributed by atoms with Crippen molar-refractivity contribution in [2.75, 3.05) is 12.8 Å². The molecule has 0 aliphatic carbocycles. The molecule has 0 aliphatic heterocycles. The highest BCUT2D eigenvalue weighted by Gasteiger charge is 2.11. The third kappa shape index (κ3) is 4.37. The zero-order valence-electron chi connectivity index (χ0n) is 11.7. The average molecular weight is 327 g/mol. The van der Waals surface area contributed by atoms with Crippen LogP contribution in [0.1, 0.15) is 5.82 Å². The summed E-state index contributed by atoms with van der Waals surface area (Å²) in [4.78, 5) is 11.2. The lowest BCUT2D eigenvalue weighted by atomic mass is 10.3. The van der Waals surface area contributed by atoms with Crippen LogP contribution in [0.15, 0.2) is 29.4 Å². The summed E-state index contributed by atoms with van der Waals surface area (Å²) in [5, 5.41) is 12.0. The third-order valence-electron chi connectivity index (χ3n) is 2.72. The Balaban J connectivity index is 1.93. The molecule has 2 rings (SSSR count). The molecule has 21 heavy (non-hydrogen) atoms. The van der Waals surface area contributed by atoms with Crippen molar-refractivity contribution < 1.29 is 9.53 Å². The Hall–Kier alpha value is -1.73. The zero-order chi connectivity index (χ0) is 15.2. The van der Waals surface area contributed by atoms with Gasteiger partial charge in [0.2, 0.25) is 5.91 Å². The van der Waals surface area contributed by atoms with E-state index in [0.717, 1.165) is 0 Å². The molecule has 0 unspecified atom stereocenters. The second-order valence-electron chi connectivity index (χ2n) is 4.16. The molecule has 6 nitrogen and oxygen atoms in total. The number of carbonyl (C=O) groups is 1. The van der Waals surface area contributed by atoms with Crippen molar-refractivity contribution in [3.8, 4) is 5.75 Å². The number of nitrogens with zero attached hydrogens (tertiary/aromatic N) is 3. The van der Waals surface area contributed by atoms with Crippen molar-refractivity contribution >= 4 is 29.3 Å². The maximum atomic E-state index is 11.2. The van der Waals surface area contributed by atoms with Crippen molar-refractivity contribution in [1.29, 1.82) is 0 Å². The van der Waals surface area contributed by atoms with E-state index in [1.54, 1.807) is 31.3 Å². The molecule has 0 saturated heterocycles. The normalized spacial score (nSPS) is 10.4.